The lowest BCUT2D eigenvalue weighted by Crippen LogP contribution is -2.46. The van der Waals surface area contributed by atoms with Gasteiger partial charge in [0.1, 0.15) is 12.3 Å². The third-order valence-electron chi connectivity index (χ3n) is 6.20. The fourth-order valence-electron chi connectivity index (χ4n) is 4.29. The molecule has 37 heavy (non-hydrogen) atoms. The predicted octanol–water partition coefficient (Wildman–Crippen LogP) is 4.35. The summed E-state index contributed by atoms with van der Waals surface area (Å²) < 4.78 is 38.7. The highest BCUT2D eigenvalue weighted by Crippen LogP contribution is 2.31. The number of alkyl halides is 3. The molecule has 1 unspecified atom stereocenters. The lowest BCUT2D eigenvalue weighted by molar-refractivity contribution is -0.137. The number of aldehydes is 1. The Morgan fingerprint density at radius 1 is 1.24 bits per heavy atom. The number of hydrogen-bond donors (Lipinski definition) is 3. The maximum atomic E-state index is 13.0. The molecule has 1 atom stereocenters. The van der Waals surface area contributed by atoms with E-state index in [4.69, 9.17) is 5.53 Å². The predicted molar refractivity (Wildman–Crippen MR) is 129 cm³/mol. The van der Waals surface area contributed by atoms with Gasteiger partial charge in [-0.2, -0.15) is 18.3 Å². The Morgan fingerprint density at radius 2 is 2.00 bits per heavy atom. The molecule has 196 valence electrons. The molecule has 0 fully saturated rings. The third kappa shape index (κ3) is 6.81. The number of benzene rings is 2. The van der Waals surface area contributed by atoms with Crippen LogP contribution in [0.3, 0.4) is 0 Å². The molecule has 2 aromatic rings. The number of fused-ring (bicyclic) bond motifs is 1. The maximum absolute atomic E-state index is 13.0. The van der Waals surface area contributed by atoms with E-state index in [2.05, 4.69) is 15.7 Å². The van der Waals surface area contributed by atoms with Gasteiger partial charge < -0.3 is 20.3 Å². The topological polar surface area (TPSA) is 115 Å². The van der Waals surface area contributed by atoms with Crippen LogP contribution in [0.5, 0.6) is 0 Å². The largest absolute Gasteiger partial charge is 0.416 e. The van der Waals surface area contributed by atoms with Gasteiger partial charge >= 0.3 is 6.18 Å². The van der Waals surface area contributed by atoms with E-state index in [-0.39, 0.29) is 37.7 Å². The standard InChI is InChI=1S/C26H28F3N5O3/c1-31-24(36)23(9-4-12-35)34-16-22-18(6-3-8-21(22)25(34)37)10-11-20(33-30)15-32-14-17-5-2-7-19(13-17)26(27,28)29/h2-3,5-8,12-13,15,23,30,32H,4,9-11,14,16H2,1H3,(H,31,36)/b20-15-,33-30?. The van der Waals surface area contributed by atoms with Crippen LogP contribution in [0.4, 0.5) is 13.2 Å². The maximum Gasteiger partial charge on any atom is 0.416 e. The molecule has 2 aromatic carbocycles. The van der Waals surface area contributed by atoms with Crippen LogP contribution in [-0.2, 0) is 35.3 Å². The summed E-state index contributed by atoms with van der Waals surface area (Å²) in [6, 6.07) is 9.54. The number of aryl methyl sites for hydroxylation is 1. The number of halogens is 3. The van der Waals surface area contributed by atoms with E-state index >= 15 is 0 Å². The van der Waals surface area contributed by atoms with Crippen LogP contribution in [0.1, 0.15) is 51.9 Å². The van der Waals surface area contributed by atoms with Gasteiger partial charge in [-0.3, -0.25) is 9.59 Å². The normalized spacial score (nSPS) is 14.2. The van der Waals surface area contributed by atoms with Gasteiger partial charge in [0.15, 0.2) is 0 Å². The van der Waals surface area contributed by atoms with E-state index in [1.54, 1.807) is 18.2 Å². The van der Waals surface area contributed by atoms with Gasteiger partial charge in [0.2, 0.25) is 5.91 Å². The summed E-state index contributed by atoms with van der Waals surface area (Å²) in [5.41, 5.74) is 9.71. The summed E-state index contributed by atoms with van der Waals surface area (Å²) in [4.78, 5) is 37.8. The summed E-state index contributed by atoms with van der Waals surface area (Å²) >= 11 is 0. The molecule has 0 spiro atoms. The van der Waals surface area contributed by atoms with Crippen LogP contribution >= 0.6 is 0 Å². The minimum Gasteiger partial charge on any atom is -0.385 e. The summed E-state index contributed by atoms with van der Waals surface area (Å²) in [5.74, 6) is -0.616. The number of amides is 2. The zero-order valence-electron chi connectivity index (χ0n) is 20.3. The molecular formula is C26H28F3N5O3. The first-order chi connectivity index (χ1) is 17.7. The minimum atomic E-state index is -4.42. The van der Waals surface area contributed by atoms with Gasteiger partial charge in [0, 0.05) is 38.3 Å². The Morgan fingerprint density at radius 3 is 2.68 bits per heavy atom. The monoisotopic (exact) mass is 515 g/mol. The molecular weight excluding hydrogens is 487 g/mol. The number of likely N-dealkylation sites (N-methyl/N-ethyl adjacent to an activating group) is 1. The Bertz CT molecular complexity index is 1200. The van der Waals surface area contributed by atoms with Crippen LogP contribution < -0.4 is 10.6 Å². The minimum absolute atomic E-state index is 0.134. The van der Waals surface area contributed by atoms with Gasteiger partial charge in [-0.15, -0.1) is 0 Å². The van der Waals surface area contributed by atoms with Crippen molar-refractivity contribution in [2.45, 2.75) is 51.0 Å². The van der Waals surface area contributed by atoms with E-state index in [0.717, 1.165) is 23.3 Å². The fraction of sp³-hybridized carbons (Fsp3) is 0.346. The van der Waals surface area contributed by atoms with Crippen molar-refractivity contribution in [2.24, 2.45) is 5.11 Å². The molecule has 3 N–H and O–H groups in total. The van der Waals surface area contributed by atoms with Crippen LogP contribution in [0, 0.1) is 5.53 Å². The zero-order chi connectivity index (χ0) is 27.0. The van der Waals surface area contributed by atoms with Crippen molar-refractivity contribution < 1.29 is 27.6 Å². The molecule has 8 nitrogen and oxygen atoms in total. The summed E-state index contributed by atoms with van der Waals surface area (Å²) in [5, 5.41) is 8.98. The average molecular weight is 516 g/mol. The molecule has 0 aliphatic carbocycles. The molecule has 3 rings (SSSR count). The number of rotatable bonds is 12. The first kappa shape index (κ1) is 27.6. The molecule has 0 saturated heterocycles. The Labute approximate surface area is 212 Å². The quantitative estimate of drug-likeness (QED) is 0.288. The number of nitrogens with one attached hydrogen (secondary N) is 3. The van der Waals surface area contributed by atoms with Gasteiger partial charge in [-0.05, 0) is 54.2 Å². The fourth-order valence-corrected chi connectivity index (χ4v) is 4.29. The van der Waals surface area contributed by atoms with Gasteiger partial charge in [0.05, 0.1) is 11.3 Å². The summed E-state index contributed by atoms with van der Waals surface area (Å²) in [6.45, 7) is 0.362. The second-order valence-electron chi connectivity index (χ2n) is 8.58. The number of carbonyl (C=O) groups excluding carboxylic acids is 3. The van der Waals surface area contributed by atoms with E-state index in [9.17, 15) is 27.6 Å². The average Bonchev–Trinajstić information content (AvgIpc) is 3.22. The van der Waals surface area contributed by atoms with Crippen LogP contribution in [-0.4, -0.2) is 36.1 Å². The van der Waals surface area contributed by atoms with Gasteiger partial charge in [0.25, 0.3) is 5.91 Å². The number of allylic oxidation sites excluding steroid dienone is 1. The van der Waals surface area contributed by atoms with Crippen LogP contribution in [0.25, 0.3) is 0 Å². The molecule has 2 amide bonds. The molecule has 1 aliphatic rings. The van der Waals surface area contributed by atoms with Crippen molar-refractivity contribution in [3.8, 4) is 0 Å². The molecule has 0 bridgehead atoms. The summed E-state index contributed by atoms with van der Waals surface area (Å²) in [6.07, 6.45) is -1.02. The molecule has 0 saturated carbocycles. The second kappa shape index (κ2) is 12.3. The van der Waals surface area contributed by atoms with Gasteiger partial charge in [-0.1, -0.05) is 24.3 Å². The van der Waals surface area contributed by atoms with E-state index in [1.807, 2.05) is 6.07 Å². The Balaban J connectivity index is 1.67. The second-order valence-corrected chi connectivity index (χ2v) is 8.58. The third-order valence-corrected chi connectivity index (χ3v) is 6.20. The van der Waals surface area contributed by atoms with Gasteiger partial charge in [-0.25, -0.2) is 5.53 Å². The van der Waals surface area contributed by atoms with Crippen molar-refractivity contribution in [1.82, 2.24) is 15.5 Å². The van der Waals surface area contributed by atoms with Crippen LogP contribution in [0.15, 0.2) is 59.5 Å². The first-order valence-electron chi connectivity index (χ1n) is 11.7. The van der Waals surface area contributed by atoms with Crippen molar-refractivity contribution >= 4 is 18.1 Å². The SMILES string of the molecule is CNC(=O)C(CCC=O)N1Cc2c(CC/C(=C/NCc3cccc(C(F)(F)F)c3)N=N)cccc2C1=O. The van der Waals surface area contributed by atoms with Crippen LogP contribution in [0.2, 0.25) is 0 Å². The van der Waals surface area contributed by atoms with Crippen molar-refractivity contribution in [2.75, 3.05) is 7.05 Å². The summed E-state index contributed by atoms with van der Waals surface area (Å²) in [7, 11) is 1.48. The highest BCUT2D eigenvalue weighted by Gasteiger charge is 2.36. The zero-order valence-corrected chi connectivity index (χ0v) is 20.3. The number of nitrogens with zero attached hydrogens (tertiary/aromatic N) is 2. The van der Waals surface area contributed by atoms with Crippen molar-refractivity contribution in [3.05, 3.63) is 82.2 Å². The van der Waals surface area contributed by atoms with E-state index < -0.39 is 17.8 Å². The van der Waals surface area contributed by atoms with Crippen molar-refractivity contribution in [3.63, 3.8) is 0 Å². The first-order valence-corrected chi connectivity index (χ1v) is 11.7. The number of hydrogen-bond acceptors (Lipinski definition) is 6. The smallest absolute Gasteiger partial charge is 0.385 e. The lowest BCUT2D eigenvalue weighted by Gasteiger charge is -2.25. The molecule has 0 radical (unpaired) electrons. The highest BCUT2D eigenvalue weighted by atomic mass is 19.4. The Kier molecular flexibility index (Phi) is 9.15. The molecule has 11 heteroatoms. The highest BCUT2D eigenvalue weighted by molar-refractivity contribution is 6.01. The Hall–Kier alpha value is -4.02. The number of carbonyl (C=O) groups is 3. The molecule has 0 aromatic heterocycles. The van der Waals surface area contributed by atoms with E-state index in [1.165, 1.54) is 24.2 Å². The lowest BCUT2D eigenvalue weighted by atomic mass is 9.99. The van der Waals surface area contributed by atoms with E-state index in [0.29, 0.717) is 36.0 Å². The molecule has 1 aliphatic heterocycles. The van der Waals surface area contributed by atoms with Crippen molar-refractivity contribution in [1.29, 1.82) is 5.53 Å². The molecule has 1 heterocycles.